The van der Waals surface area contributed by atoms with E-state index in [0.29, 0.717) is 15.8 Å². The summed E-state index contributed by atoms with van der Waals surface area (Å²) in [5.41, 5.74) is 0. The van der Waals surface area contributed by atoms with E-state index in [-0.39, 0.29) is 18.8 Å². The van der Waals surface area contributed by atoms with E-state index in [1.165, 1.54) is 6.07 Å². The van der Waals surface area contributed by atoms with Crippen LogP contribution in [0.4, 0.5) is 0 Å². The molecule has 0 N–H and O–H groups in total. The van der Waals surface area contributed by atoms with Gasteiger partial charge in [-0.1, -0.05) is 23.2 Å². The lowest BCUT2D eigenvalue weighted by Gasteiger charge is -2.04. The normalized spacial score (nSPS) is 9.40. The Bertz CT molecular complexity index is 412. The minimum Gasteiger partial charge on any atom is -0.486 e. The van der Waals surface area contributed by atoms with Crippen LogP contribution in [0.5, 0.6) is 5.75 Å². The first-order chi connectivity index (χ1) is 7.13. The lowest BCUT2D eigenvalue weighted by atomic mass is 10.3. The number of rotatable bonds is 4. The van der Waals surface area contributed by atoms with Gasteiger partial charge < -0.3 is 4.74 Å². The summed E-state index contributed by atoms with van der Waals surface area (Å²) in [7, 11) is 0. The van der Waals surface area contributed by atoms with E-state index < -0.39 is 0 Å². The van der Waals surface area contributed by atoms with Gasteiger partial charge in [0.15, 0.2) is 5.78 Å². The van der Waals surface area contributed by atoms with E-state index >= 15 is 0 Å². The second-order valence-corrected chi connectivity index (χ2v) is 3.55. The maximum absolute atomic E-state index is 11.0. The number of ketones is 1. The second kappa shape index (κ2) is 5.59. The minimum atomic E-state index is -0.274. The lowest BCUT2D eigenvalue weighted by Crippen LogP contribution is -2.09. The number of nitrogens with zero attached hydrogens (tertiary/aromatic N) is 1. The minimum absolute atomic E-state index is 0.133. The molecule has 78 valence electrons. The molecule has 0 radical (unpaired) electrons. The van der Waals surface area contributed by atoms with Crippen LogP contribution in [-0.2, 0) is 4.79 Å². The maximum Gasteiger partial charge on any atom is 0.184 e. The fourth-order valence-electron chi connectivity index (χ4n) is 0.870. The number of nitriles is 1. The Morgan fingerprint density at radius 1 is 1.40 bits per heavy atom. The first-order valence-corrected chi connectivity index (χ1v) is 4.85. The van der Waals surface area contributed by atoms with Crippen LogP contribution in [0, 0.1) is 11.3 Å². The number of hydrogen-bond acceptors (Lipinski definition) is 3. The van der Waals surface area contributed by atoms with Gasteiger partial charge in [-0.2, -0.15) is 5.26 Å². The summed E-state index contributed by atoms with van der Waals surface area (Å²) < 4.78 is 5.11. The third-order valence-electron chi connectivity index (χ3n) is 1.57. The van der Waals surface area contributed by atoms with Crippen LogP contribution in [0.2, 0.25) is 10.0 Å². The van der Waals surface area contributed by atoms with Crippen LogP contribution in [-0.4, -0.2) is 12.4 Å². The van der Waals surface area contributed by atoms with E-state index in [0.717, 1.165) is 0 Å². The Balaban J connectivity index is 2.55. The fourth-order valence-corrected chi connectivity index (χ4v) is 1.16. The molecule has 0 saturated heterocycles. The average Bonchev–Trinajstić information content (AvgIpc) is 2.20. The van der Waals surface area contributed by atoms with Crippen molar-refractivity contribution in [1.29, 1.82) is 5.26 Å². The van der Waals surface area contributed by atoms with E-state index in [2.05, 4.69) is 0 Å². The molecule has 0 aromatic heterocycles. The quantitative estimate of drug-likeness (QED) is 0.818. The molecule has 0 aliphatic rings. The first-order valence-electron chi connectivity index (χ1n) is 4.10. The molecular formula is C10H7Cl2NO2. The zero-order valence-corrected chi connectivity index (χ0v) is 9.18. The van der Waals surface area contributed by atoms with Crippen LogP contribution in [0.1, 0.15) is 6.42 Å². The smallest absolute Gasteiger partial charge is 0.184 e. The summed E-state index contributed by atoms with van der Waals surface area (Å²) in [6, 6.07) is 6.45. The highest BCUT2D eigenvalue weighted by molar-refractivity contribution is 6.42. The summed E-state index contributed by atoms with van der Waals surface area (Å²) in [4.78, 5) is 11.0. The number of Topliss-reactive ketones (excluding diaryl/α,β-unsaturated/α-hetero) is 1. The number of hydrogen-bond donors (Lipinski definition) is 0. The lowest BCUT2D eigenvalue weighted by molar-refractivity contribution is -0.120. The molecule has 0 aliphatic carbocycles. The van der Waals surface area contributed by atoms with Crippen molar-refractivity contribution >= 4 is 29.0 Å². The predicted octanol–water partition coefficient (Wildman–Crippen LogP) is 2.85. The first kappa shape index (κ1) is 11.8. The molecule has 0 aliphatic heterocycles. The van der Waals surface area contributed by atoms with Gasteiger partial charge in [0.2, 0.25) is 0 Å². The maximum atomic E-state index is 11.0. The van der Waals surface area contributed by atoms with Gasteiger partial charge in [0.1, 0.15) is 12.4 Å². The van der Waals surface area contributed by atoms with Crippen molar-refractivity contribution in [2.24, 2.45) is 0 Å². The van der Waals surface area contributed by atoms with Crippen molar-refractivity contribution in [2.75, 3.05) is 6.61 Å². The van der Waals surface area contributed by atoms with Gasteiger partial charge in [-0.15, -0.1) is 0 Å². The average molecular weight is 244 g/mol. The molecule has 0 unspecified atom stereocenters. The SMILES string of the molecule is N#CCC(=O)COc1ccc(Cl)c(Cl)c1. The van der Waals surface area contributed by atoms with Gasteiger partial charge in [0, 0.05) is 6.07 Å². The molecule has 15 heavy (non-hydrogen) atoms. The number of ether oxygens (including phenoxy) is 1. The van der Waals surface area contributed by atoms with Crippen LogP contribution in [0.15, 0.2) is 18.2 Å². The molecule has 0 fully saturated rings. The Kier molecular flexibility index (Phi) is 4.41. The Hall–Kier alpha value is -1.24. The second-order valence-electron chi connectivity index (χ2n) is 2.74. The Morgan fingerprint density at radius 3 is 2.73 bits per heavy atom. The fraction of sp³-hybridized carbons (Fsp3) is 0.200. The molecule has 1 aromatic rings. The number of carbonyl (C=O) groups excluding carboxylic acids is 1. The summed E-state index contributed by atoms with van der Waals surface area (Å²) in [6.07, 6.45) is -0.151. The van der Waals surface area contributed by atoms with Crippen LogP contribution in [0.25, 0.3) is 0 Å². The predicted molar refractivity (Wildman–Crippen MR) is 57.2 cm³/mol. The van der Waals surface area contributed by atoms with Crippen molar-refractivity contribution in [1.82, 2.24) is 0 Å². The largest absolute Gasteiger partial charge is 0.486 e. The van der Waals surface area contributed by atoms with Crippen molar-refractivity contribution in [3.05, 3.63) is 28.2 Å². The van der Waals surface area contributed by atoms with Crippen molar-refractivity contribution in [3.63, 3.8) is 0 Å². The van der Waals surface area contributed by atoms with Gasteiger partial charge in [-0.25, -0.2) is 0 Å². The van der Waals surface area contributed by atoms with Crippen LogP contribution >= 0.6 is 23.2 Å². The standard InChI is InChI=1S/C10H7Cl2NO2/c11-9-2-1-8(5-10(9)12)15-6-7(14)3-4-13/h1-2,5H,3,6H2. The molecule has 3 nitrogen and oxygen atoms in total. The van der Waals surface area contributed by atoms with Crippen LogP contribution < -0.4 is 4.74 Å². The van der Waals surface area contributed by atoms with Crippen molar-refractivity contribution in [2.45, 2.75) is 6.42 Å². The summed E-state index contributed by atoms with van der Waals surface area (Å²) >= 11 is 11.4. The third kappa shape index (κ3) is 3.78. The number of halogens is 2. The molecule has 0 amide bonds. The third-order valence-corrected chi connectivity index (χ3v) is 2.31. The molecule has 0 saturated carbocycles. The highest BCUT2D eigenvalue weighted by Crippen LogP contribution is 2.26. The van der Waals surface area contributed by atoms with Crippen molar-refractivity contribution in [3.8, 4) is 11.8 Å². The zero-order valence-electron chi connectivity index (χ0n) is 7.67. The van der Waals surface area contributed by atoms with Gasteiger partial charge in [-0.05, 0) is 12.1 Å². The molecular weight excluding hydrogens is 237 g/mol. The summed E-state index contributed by atoms with van der Waals surface area (Å²) in [5.74, 6) is 0.180. The van der Waals surface area contributed by atoms with E-state index in [1.807, 2.05) is 0 Å². The molecule has 1 aromatic carbocycles. The highest BCUT2D eigenvalue weighted by Gasteiger charge is 2.04. The van der Waals surface area contributed by atoms with E-state index in [1.54, 1.807) is 18.2 Å². The summed E-state index contributed by atoms with van der Waals surface area (Å²) in [6.45, 7) is -0.133. The molecule has 0 bridgehead atoms. The molecule has 5 heteroatoms. The number of carbonyl (C=O) groups is 1. The topological polar surface area (TPSA) is 50.1 Å². The molecule has 1 rings (SSSR count). The van der Waals surface area contributed by atoms with Gasteiger partial charge >= 0.3 is 0 Å². The van der Waals surface area contributed by atoms with Crippen LogP contribution in [0.3, 0.4) is 0 Å². The Labute approximate surface area is 97.2 Å². The van der Waals surface area contributed by atoms with Gasteiger partial charge in [0.25, 0.3) is 0 Å². The van der Waals surface area contributed by atoms with E-state index in [4.69, 9.17) is 33.2 Å². The monoisotopic (exact) mass is 243 g/mol. The Morgan fingerprint density at radius 2 is 2.13 bits per heavy atom. The molecule has 0 spiro atoms. The zero-order chi connectivity index (χ0) is 11.3. The van der Waals surface area contributed by atoms with Gasteiger partial charge in [0.05, 0.1) is 22.5 Å². The molecule has 0 atom stereocenters. The molecule has 0 heterocycles. The van der Waals surface area contributed by atoms with Gasteiger partial charge in [-0.3, -0.25) is 4.79 Å². The number of benzene rings is 1. The highest BCUT2D eigenvalue weighted by atomic mass is 35.5. The van der Waals surface area contributed by atoms with Crippen molar-refractivity contribution < 1.29 is 9.53 Å². The van der Waals surface area contributed by atoms with E-state index in [9.17, 15) is 4.79 Å². The summed E-state index contributed by atoms with van der Waals surface area (Å²) in [5, 5.41) is 9.04.